The number of ether oxygens (including phenoxy) is 3. The summed E-state index contributed by atoms with van der Waals surface area (Å²) in [4.78, 5) is 31.0. The van der Waals surface area contributed by atoms with Crippen LogP contribution in [0.2, 0.25) is 0 Å². The average molecular weight is 541 g/mol. The number of aromatic amines is 1. The summed E-state index contributed by atoms with van der Waals surface area (Å²) in [5.74, 6) is 0.884. The lowest BCUT2D eigenvalue weighted by atomic mass is 9.71. The number of nitrogens with one attached hydrogen (secondary N) is 3. The second-order valence-corrected chi connectivity index (χ2v) is 10.1. The maximum absolute atomic E-state index is 14.0. The molecule has 1 aliphatic heterocycles. The van der Waals surface area contributed by atoms with Crippen LogP contribution in [-0.2, 0) is 9.59 Å². The summed E-state index contributed by atoms with van der Waals surface area (Å²) in [5.41, 5.74) is 5.31. The first-order chi connectivity index (χ1) is 19.4. The Morgan fingerprint density at radius 2 is 1.68 bits per heavy atom. The molecule has 2 aliphatic rings. The van der Waals surface area contributed by atoms with Crippen molar-refractivity contribution in [2.24, 2.45) is 0 Å². The van der Waals surface area contributed by atoms with Gasteiger partial charge in [0.15, 0.2) is 17.3 Å². The van der Waals surface area contributed by atoms with Crippen molar-refractivity contribution in [2.75, 3.05) is 26.6 Å². The third-order valence-corrected chi connectivity index (χ3v) is 7.61. The van der Waals surface area contributed by atoms with Gasteiger partial charge in [0, 0.05) is 35.0 Å². The molecule has 1 aliphatic carbocycles. The summed E-state index contributed by atoms with van der Waals surface area (Å²) >= 11 is 0. The number of aryl methyl sites for hydroxylation is 1. The Kier molecular flexibility index (Phi) is 7.60. The molecule has 1 aromatic heterocycles. The van der Waals surface area contributed by atoms with Crippen LogP contribution in [-0.4, -0.2) is 33.0 Å². The van der Waals surface area contributed by atoms with Crippen LogP contribution in [0.5, 0.6) is 17.2 Å². The van der Waals surface area contributed by atoms with Gasteiger partial charge in [-0.2, -0.15) is 0 Å². The molecular formula is C32H34N3O5+. The molecule has 3 N–H and O–H groups in total. The number of carbonyl (C=O) groups excluding carboxylic acids is 2. The number of anilines is 1. The van der Waals surface area contributed by atoms with Crippen molar-refractivity contribution in [3.8, 4) is 17.2 Å². The fourth-order valence-corrected chi connectivity index (χ4v) is 5.73. The largest absolute Gasteiger partial charge is 0.493 e. The molecule has 8 heteroatoms. The Morgan fingerprint density at radius 3 is 2.33 bits per heavy atom. The third-order valence-electron chi connectivity index (χ3n) is 7.61. The van der Waals surface area contributed by atoms with Gasteiger partial charge in [-0.15, -0.1) is 0 Å². The number of ketones is 1. The monoisotopic (exact) mass is 540 g/mol. The molecule has 0 fully saturated rings. The Balaban J connectivity index is 1.65. The van der Waals surface area contributed by atoms with Crippen LogP contribution >= 0.6 is 0 Å². The molecule has 0 bridgehead atoms. The summed E-state index contributed by atoms with van der Waals surface area (Å²) in [6.45, 7) is 3.83. The fourth-order valence-electron chi connectivity index (χ4n) is 5.73. The van der Waals surface area contributed by atoms with Gasteiger partial charge in [0.05, 0.1) is 39.0 Å². The maximum atomic E-state index is 14.0. The minimum Gasteiger partial charge on any atom is -0.493 e. The van der Waals surface area contributed by atoms with Crippen LogP contribution in [0.15, 0.2) is 83.3 Å². The number of allylic oxidation sites excluding steroid dienone is 3. The molecule has 0 saturated carbocycles. The van der Waals surface area contributed by atoms with E-state index in [-0.39, 0.29) is 17.6 Å². The zero-order valence-electron chi connectivity index (χ0n) is 23.4. The maximum Gasteiger partial charge on any atom is 0.337 e. The number of pyridine rings is 1. The first kappa shape index (κ1) is 27.0. The number of benzene rings is 2. The summed E-state index contributed by atoms with van der Waals surface area (Å²) in [7, 11) is 4.63. The molecular weight excluding hydrogens is 506 g/mol. The van der Waals surface area contributed by atoms with E-state index in [1.807, 2.05) is 56.4 Å². The van der Waals surface area contributed by atoms with Gasteiger partial charge in [0.1, 0.15) is 0 Å². The van der Waals surface area contributed by atoms with Crippen LogP contribution in [0.25, 0.3) is 0 Å². The van der Waals surface area contributed by atoms with Crippen LogP contribution in [0.4, 0.5) is 5.82 Å². The van der Waals surface area contributed by atoms with Gasteiger partial charge in [0.2, 0.25) is 5.75 Å². The van der Waals surface area contributed by atoms with Crippen molar-refractivity contribution in [1.82, 2.24) is 5.32 Å². The predicted molar refractivity (Wildman–Crippen MR) is 151 cm³/mol. The number of H-pyrrole nitrogens is 1. The molecule has 2 unspecified atom stereocenters. The number of hydrogen-bond acceptors (Lipinski definition) is 6. The Morgan fingerprint density at radius 1 is 0.925 bits per heavy atom. The molecule has 1 amide bonds. The summed E-state index contributed by atoms with van der Waals surface area (Å²) in [6, 6.07) is 17.4. The molecule has 2 heterocycles. The van der Waals surface area contributed by atoms with Crippen LogP contribution < -0.4 is 29.8 Å². The van der Waals surface area contributed by atoms with Gasteiger partial charge in [-0.05, 0) is 49.4 Å². The predicted octanol–water partition coefficient (Wildman–Crippen LogP) is 4.84. The van der Waals surface area contributed by atoms with E-state index in [0.29, 0.717) is 58.3 Å². The van der Waals surface area contributed by atoms with Crippen molar-refractivity contribution >= 4 is 17.5 Å². The number of amides is 1. The highest BCUT2D eigenvalue weighted by Crippen LogP contribution is 2.51. The van der Waals surface area contributed by atoms with Gasteiger partial charge in [-0.3, -0.25) is 4.79 Å². The third kappa shape index (κ3) is 4.93. The lowest BCUT2D eigenvalue weighted by Gasteiger charge is -2.37. The lowest BCUT2D eigenvalue weighted by Crippen LogP contribution is -2.37. The number of carbonyl (C=O) groups is 2. The normalized spacial score (nSPS) is 18.6. The number of methoxy groups -OCH3 is 3. The van der Waals surface area contributed by atoms with Crippen molar-refractivity contribution in [1.29, 1.82) is 0 Å². The van der Waals surface area contributed by atoms with Gasteiger partial charge in [0.25, 0.3) is 5.82 Å². The molecule has 0 saturated heterocycles. The van der Waals surface area contributed by atoms with E-state index in [1.165, 1.54) is 7.11 Å². The van der Waals surface area contributed by atoms with E-state index in [0.717, 1.165) is 16.8 Å². The zero-order valence-corrected chi connectivity index (χ0v) is 23.4. The van der Waals surface area contributed by atoms with Gasteiger partial charge in [-0.25, -0.2) is 15.1 Å². The lowest BCUT2D eigenvalue weighted by molar-refractivity contribution is -0.361. The minimum atomic E-state index is -0.680. The van der Waals surface area contributed by atoms with Gasteiger partial charge in [-0.1, -0.05) is 36.4 Å². The summed E-state index contributed by atoms with van der Waals surface area (Å²) in [6.07, 6.45) is 2.81. The van der Waals surface area contributed by atoms with E-state index in [9.17, 15) is 9.59 Å². The highest BCUT2D eigenvalue weighted by molar-refractivity contribution is 6.09. The molecule has 3 aromatic rings. The number of aromatic nitrogens is 1. The van der Waals surface area contributed by atoms with Crippen LogP contribution in [0.3, 0.4) is 0 Å². The van der Waals surface area contributed by atoms with E-state index in [2.05, 4.69) is 27.8 Å². The topological polar surface area (TPSA) is 100 Å². The van der Waals surface area contributed by atoms with E-state index in [1.54, 1.807) is 20.3 Å². The van der Waals surface area contributed by atoms with Crippen molar-refractivity contribution in [2.45, 2.75) is 38.5 Å². The second-order valence-electron chi connectivity index (χ2n) is 10.1. The Bertz CT molecular complexity index is 1510. The Labute approximate surface area is 234 Å². The SMILES string of the molecule is COc1ccc(C2C(C(=O)Nc3ccc(C)c[nH+]3)=C(C)NC3=C2C(=O)CC(c2ccccc2)C3)c(OC)c1OC. The average Bonchev–Trinajstić information content (AvgIpc) is 2.96. The number of hydrogen-bond donors (Lipinski definition) is 2. The number of rotatable bonds is 7. The smallest absolute Gasteiger partial charge is 0.337 e. The van der Waals surface area contributed by atoms with Crippen molar-refractivity contribution in [3.63, 3.8) is 0 Å². The van der Waals surface area contributed by atoms with Gasteiger partial charge >= 0.3 is 5.91 Å². The molecule has 40 heavy (non-hydrogen) atoms. The second kappa shape index (κ2) is 11.3. The molecule has 2 aromatic carbocycles. The quantitative estimate of drug-likeness (QED) is 0.445. The van der Waals surface area contributed by atoms with E-state index < -0.39 is 5.92 Å². The molecule has 5 rings (SSSR count). The first-order valence-corrected chi connectivity index (χ1v) is 13.2. The zero-order chi connectivity index (χ0) is 28.4. The van der Waals surface area contributed by atoms with E-state index in [4.69, 9.17) is 14.2 Å². The highest BCUT2D eigenvalue weighted by atomic mass is 16.5. The summed E-state index contributed by atoms with van der Waals surface area (Å²) in [5, 5.41) is 6.41. The summed E-state index contributed by atoms with van der Waals surface area (Å²) < 4.78 is 17.0. The minimum absolute atomic E-state index is 0.0101. The molecule has 8 nitrogen and oxygen atoms in total. The molecule has 206 valence electrons. The van der Waals surface area contributed by atoms with Crippen LogP contribution in [0.1, 0.15) is 48.3 Å². The van der Waals surface area contributed by atoms with Crippen molar-refractivity contribution < 1.29 is 28.8 Å². The van der Waals surface area contributed by atoms with Crippen LogP contribution in [0, 0.1) is 6.92 Å². The molecule has 2 atom stereocenters. The van der Waals surface area contributed by atoms with Gasteiger partial charge < -0.3 is 19.5 Å². The number of Topliss-reactive ketones (excluding diaryl/α,β-unsaturated/α-hetero) is 1. The van der Waals surface area contributed by atoms with Crippen molar-refractivity contribution in [3.05, 3.63) is 100 Å². The standard InChI is InChI=1S/C32H33N3O5/c1-18-11-14-26(33-17-18)35-32(37)27-19(2)34-23-15-21(20-9-7-6-8-10-20)16-24(36)29(23)28(27)22-12-13-25(38-3)31(40-5)30(22)39-4/h6-14,17,21,28,34H,15-16H2,1-5H3,(H,33,35,37)/p+1. The molecule has 0 radical (unpaired) electrons. The fraction of sp³-hybridized carbons (Fsp3) is 0.281. The Hall–Kier alpha value is -4.59. The highest BCUT2D eigenvalue weighted by Gasteiger charge is 2.43. The molecule has 0 spiro atoms. The van der Waals surface area contributed by atoms with E-state index >= 15 is 0 Å². The number of dihydropyridines is 1. The first-order valence-electron chi connectivity index (χ1n) is 13.2.